The monoisotopic (exact) mass is 424 g/mol. The van der Waals surface area contributed by atoms with E-state index in [1.807, 2.05) is 41.2 Å². The molecule has 1 atom stereocenters. The Hall–Kier alpha value is -3.36. The molecule has 9 nitrogen and oxygen atoms in total. The summed E-state index contributed by atoms with van der Waals surface area (Å²) in [5.74, 6) is 1.59. The highest BCUT2D eigenvalue weighted by Gasteiger charge is 2.22. The number of methoxy groups -OCH3 is 1. The first-order valence-corrected chi connectivity index (χ1v) is 10.7. The van der Waals surface area contributed by atoms with E-state index < -0.39 is 0 Å². The SMILES string of the molecule is COc1cccc(Cn2nc3n(c2=O)CCC(NC(=O)CCCn2cccn2)CC3)c1. The normalized spacial score (nSPS) is 15.8. The maximum absolute atomic E-state index is 12.8. The minimum absolute atomic E-state index is 0.0483. The Kier molecular flexibility index (Phi) is 6.49. The van der Waals surface area contributed by atoms with Gasteiger partial charge in [-0.2, -0.15) is 10.2 Å². The van der Waals surface area contributed by atoms with Gasteiger partial charge in [0.05, 0.1) is 13.7 Å². The van der Waals surface area contributed by atoms with Crippen LogP contribution in [0.3, 0.4) is 0 Å². The maximum Gasteiger partial charge on any atom is 0.346 e. The van der Waals surface area contributed by atoms with Crippen molar-refractivity contribution < 1.29 is 9.53 Å². The molecule has 3 aromatic rings. The Labute approximate surface area is 180 Å². The zero-order valence-electron chi connectivity index (χ0n) is 17.7. The van der Waals surface area contributed by atoms with Crippen LogP contribution in [0.15, 0.2) is 47.5 Å². The highest BCUT2D eigenvalue weighted by molar-refractivity contribution is 5.76. The Morgan fingerprint density at radius 2 is 2.19 bits per heavy atom. The number of hydrogen-bond donors (Lipinski definition) is 1. The molecule has 2 aromatic heterocycles. The number of benzene rings is 1. The maximum atomic E-state index is 12.8. The molecule has 0 fully saturated rings. The van der Waals surface area contributed by atoms with Crippen LogP contribution < -0.4 is 15.7 Å². The van der Waals surface area contributed by atoms with Crippen LogP contribution in [0.25, 0.3) is 0 Å². The minimum atomic E-state index is -0.107. The van der Waals surface area contributed by atoms with E-state index in [0.29, 0.717) is 25.9 Å². The number of fused-ring (bicyclic) bond motifs is 1. The fourth-order valence-corrected chi connectivity index (χ4v) is 3.95. The van der Waals surface area contributed by atoms with Crippen molar-refractivity contribution in [1.82, 2.24) is 29.4 Å². The molecule has 1 N–H and O–H groups in total. The third-order valence-electron chi connectivity index (χ3n) is 5.60. The van der Waals surface area contributed by atoms with Gasteiger partial charge in [-0.1, -0.05) is 12.1 Å². The number of hydrogen-bond acceptors (Lipinski definition) is 5. The Balaban J connectivity index is 1.31. The molecular formula is C22H28N6O3. The molecule has 0 bridgehead atoms. The fraction of sp³-hybridized carbons (Fsp3) is 0.455. The molecular weight excluding hydrogens is 396 g/mol. The molecule has 0 saturated heterocycles. The van der Waals surface area contributed by atoms with Crippen molar-refractivity contribution in [3.63, 3.8) is 0 Å². The van der Waals surface area contributed by atoms with Crippen molar-refractivity contribution in [3.05, 3.63) is 64.6 Å². The number of amides is 1. The zero-order valence-corrected chi connectivity index (χ0v) is 17.7. The molecule has 31 heavy (non-hydrogen) atoms. The number of rotatable bonds is 8. The highest BCUT2D eigenvalue weighted by atomic mass is 16.5. The van der Waals surface area contributed by atoms with Crippen molar-refractivity contribution in [2.24, 2.45) is 0 Å². The van der Waals surface area contributed by atoms with Crippen LogP contribution in [-0.2, 0) is 30.8 Å². The summed E-state index contributed by atoms with van der Waals surface area (Å²) in [6, 6.07) is 9.58. The van der Waals surface area contributed by atoms with E-state index in [0.717, 1.165) is 42.9 Å². The number of carbonyl (C=O) groups is 1. The summed E-state index contributed by atoms with van der Waals surface area (Å²) >= 11 is 0. The van der Waals surface area contributed by atoms with Crippen LogP contribution in [0.1, 0.15) is 37.1 Å². The number of aryl methyl sites for hydroxylation is 2. The summed E-state index contributed by atoms with van der Waals surface area (Å²) in [6.07, 6.45) is 7.01. The molecule has 1 amide bonds. The molecule has 1 aromatic carbocycles. The smallest absolute Gasteiger partial charge is 0.346 e. The average molecular weight is 425 g/mol. The summed E-state index contributed by atoms with van der Waals surface area (Å²) in [5.41, 5.74) is 0.860. The molecule has 0 aliphatic carbocycles. The van der Waals surface area contributed by atoms with E-state index in [4.69, 9.17) is 4.74 Å². The predicted octanol–water partition coefficient (Wildman–Crippen LogP) is 1.60. The van der Waals surface area contributed by atoms with Crippen LogP contribution >= 0.6 is 0 Å². The first-order chi connectivity index (χ1) is 15.1. The first kappa shape index (κ1) is 20.9. The highest BCUT2D eigenvalue weighted by Crippen LogP contribution is 2.15. The Morgan fingerprint density at radius 1 is 1.29 bits per heavy atom. The van der Waals surface area contributed by atoms with E-state index in [1.54, 1.807) is 17.9 Å². The third-order valence-corrected chi connectivity index (χ3v) is 5.60. The quantitative estimate of drug-likeness (QED) is 0.593. The standard InChI is InChI=1S/C22H28N6O3/c1-31-19-6-2-5-17(15-19)16-28-22(30)27-14-10-18(8-9-20(27)25-28)24-21(29)7-3-12-26-13-4-11-23-26/h2,4-6,11,13,15,18H,3,7-10,12,14,16H2,1H3,(H,24,29). The van der Waals surface area contributed by atoms with Gasteiger partial charge in [-0.25, -0.2) is 9.48 Å². The Bertz CT molecular complexity index is 1070. The second-order valence-electron chi connectivity index (χ2n) is 7.82. The van der Waals surface area contributed by atoms with Crippen molar-refractivity contribution in [2.75, 3.05) is 7.11 Å². The summed E-state index contributed by atoms with van der Waals surface area (Å²) in [7, 11) is 1.62. The van der Waals surface area contributed by atoms with E-state index in [9.17, 15) is 9.59 Å². The topological polar surface area (TPSA) is 96.0 Å². The molecule has 0 spiro atoms. The van der Waals surface area contributed by atoms with Gasteiger partial charge in [0.15, 0.2) is 0 Å². The van der Waals surface area contributed by atoms with Gasteiger partial charge in [0.2, 0.25) is 5.91 Å². The lowest BCUT2D eigenvalue weighted by Gasteiger charge is -2.16. The zero-order chi connectivity index (χ0) is 21.6. The molecule has 1 unspecified atom stereocenters. The summed E-state index contributed by atoms with van der Waals surface area (Å²) in [6.45, 7) is 1.70. The van der Waals surface area contributed by atoms with Gasteiger partial charge in [0.1, 0.15) is 11.6 Å². The summed E-state index contributed by atoms with van der Waals surface area (Å²) < 4.78 is 10.3. The largest absolute Gasteiger partial charge is 0.497 e. The van der Waals surface area contributed by atoms with Crippen molar-refractivity contribution in [1.29, 1.82) is 0 Å². The number of ether oxygens (including phenoxy) is 1. The number of aromatic nitrogens is 5. The van der Waals surface area contributed by atoms with E-state index >= 15 is 0 Å². The van der Waals surface area contributed by atoms with Crippen LogP contribution in [0, 0.1) is 0 Å². The van der Waals surface area contributed by atoms with Crippen LogP contribution in [0.5, 0.6) is 5.75 Å². The van der Waals surface area contributed by atoms with Gasteiger partial charge in [0.25, 0.3) is 0 Å². The molecule has 4 rings (SSSR count). The lowest BCUT2D eigenvalue weighted by Crippen LogP contribution is -2.35. The molecule has 3 heterocycles. The average Bonchev–Trinajstić information content (AvgIpc) is 3.33. The van der Waals surface area contributed by atoms with Gasteiger partial charge in [-0.3, -0.25) is 14.0 Å². The Morgan fingerprint density at radius 3 is 3.00 bits per heavy atom. The molecule has 1 aliphatic heterocycles. The van der Waals surface area contributed by atoms with Gasteiger partial charge in [-0.15, -0.1) is 0 Å². The predicted molar refractivity (Wildman–Crippen MR) is 115 cm³/mol. The summed E-state index contributed by atoms with van der Waals surface area (Å²) in [5, 5.41) is 11.8. The van der Waals surface area contributed by atoms with Crippen molar-refractivity contribution in [3.8, 4) is 5.75 Å². The fourth-order valence-electron chi connectivity index (χ4n) is 3.95. The van der Waals surface area contributed by atoms with Gasteiger partial charge < -0.3 is 10.1 Å². The molecule has 1 aliphatic rings. The number of nitrogens with zero attached hydrogens (tertiary/aromatic N) is 5. The number of nitrogens with one attached hydrogen (secondary N) is 1. The van der Waals surface area contributed by atoms with Crippen molar-refractivity contribution in [2.45, 2.75) is 57.8 Å². The lowest BCUT2D eigenvalue weighted by molar-refractivity contribution is -0.122. The van der Waals surface area contributed by atoms with Gasteiger partial charge >= 0.3 is 5.69 Å². The second kappa shape index (κ2) is 9.63. The van der Waals surface area contributed by atoms with Crippen molar-refractivity contribution >= 4 is 5.91 Å². The molecule has 164 valence electrons. The number of carbonyl (C=O) groups excluding carboxylic acids is 1. The van der Waals surface area contributed by atoms with Crippen LogP contribution in [0.4, 0.5) is 0 Å². The van der Waals surface area contributed by atoms with Crippen LogP contribution in [0.2, 0.25) is 0 Å². The van der Waals surface area contributed by atoms with E-state index in [1.165, 1.54) is 4.68 Å². The minimum Gasteiger partial charge on any atom is -0.497 e. The van der Waals surface area contributed by atoms with Gasteiger partial charge in [0, 0.05) is 44.4 Å². The van der Waals surface area contributed by atoms with E-state index in [2.05, 4.69) is 15.5 Å². The second-order valence-corrected chi connectivity index (χ2v) is 7.82. The molecule has 9 heteroatoms. The first-order valence-electron chi connectivity index (χ1n) is 10.7. The third kappa shape index (κ3) is 5.22. The molecule has 0 radical (unpaired) electrons. The van der Waals surface area contributed by atoms with Crippen LogP contribution in [-0.4, -0.2) is 43.2 Å². The van der Waals surface area contributed by atoms with Gasteiger partial charge in [-0.05, 0) is 43.0 Å². The lowest BCUT2D eigenvalue weighted by atomic mass is 10.1. The molecule has 0 saturated carbocycles. The van der Waals surface area contributed by atoms with E-state index in [-0.39, 0.29) is 17.6 Å². The summed E-state index contributed by atoms with van der Waals surface area (Å²) in [4.78, 5) is 25.1.